The number of nitrogens with zero attached hydrogens (tertiary/aromatic N) is 2. The van der Waals surface area contributed by atoms with Gasteiger partial charge in [-0.15, -0.1) is 3.89 Å². The van der Waals surface area contributed by atoms with Gasteiger partial charge in [0, 0.05) is 25.2 Å². The zero-order valence-corrected chi connectivity index (χ0v) is 8.57. The number of halogens is 1. The summed E-state index contributed by atoms with van der Waals surface area (Å²) < 4.78 is 14.3. The number of hydrogen-bond donors (Lipinski definition) is 0. The molecule has 0 saturated carbocycles. The Bertz CT molecular complexity index is 197. The first-order chi connectivity index (χ1) is 5.57. The van der Waals surface area contributed by atoms with E-state index in [0.29, 0.717) is 24.4 Å². The highest BCUT2D eigenvalue weighted by atomic mass is 32.2. The monoisotopic (exact) mass is 190 g/mol. The van der Waals surface area contributed by atoms with Gasteiger partial charge in [0.25, 0.3) is 0 Å². The van der Waals surface area contributed by atoms with Gasteiger partial charge < -0.3 is 0 Å². The van der Waals surface area contributed by atoms with Crippen molar-refractivity contribution in [2.45, 2.75) is 25.9 Å². The largest absolute Gasteiger partial charge is 0.300 e. The minimum atomic E-state index is 0.258. The van der Waals surface area contributed by atoms with Crippen molar-refractivity contribution in [1.82, 2.24) is 9.21 Å². The third-order valence-corrected chi connectivity index (χ3v) is 4.08. The number of hydrogen-bond acceptors (Lipinski definition) is 3. The van der Waals surface area contributed by atoms with Crippen LogP contribution in [0.2, 0.25) is 0 Å². The van der Waals surface area contributed by atoms with E-state index in [2.05, 4.69) is 25.8 Å². The van der Waals surface area contributed by atoms with Crippen molar-refractivity contribution in [2.75, 3.05) is 20.1 Å². The van der Waals surface area contributed by atoms with Gasteiger partial charge >= 0.3 is 0 Å². The number of likely N-dealkylation sites (N-methyl/N-ethyl adjacent to an activating group) is 1. The van der Waals surface area contributed by atoms with Gasteiger partial charge in [0.15, 0.2) is 0 Å². The Balaban J connectivity index is 2.22. The summed E-state index contributed by atoms with van der Waals surface area (Å²) in [6.45, 7) is 6.36. The highest BCUT2D eigenvalue weighted by molar-refractivity contribution is 7.91. The topological polar surface area (TPSA) is 6.48 Å². The Hall–Kier alpha value is 0.200. The Kier molecular flexibility index (Phi) is 1.90. The molecule has 0 radical (unpaired) electrons. The summed E-state index contributed by atoms with van der Waals surface area (Å²) in [7, 11) is 2.13. The number of fused-ring (bicyclic) bond motifs is 2. The molecular formula is C8H15FN2S. The van der Waals surface area contributed by atoms with Crippen molar-refractivity contribution in [3.63, 3.8) is 0 Å². The molecule has 0 amide bonds. The Morgan fingerprint density at radius 3 is 2.33 bits per heavy atom. The Morgan fingerprint density at radius 1 is 1.33 bits per heavy atom. The SMILES string of the molecule is CN1C[C@@H]2N(SF)C[C@H]1C2(C)C. The van der Waals surface area contributed by atoms with Crippen LogP contribution in [0, 0.1) is 5.41 Å². The van der Waals surface area contributed by atoms with E-state index in [1.165, 1.54) is 0 Å². The first-order valence-corrected chi connectivity index (χ1v) is 5.00. The van der Waals surface area contributed by atoms with E-state index < -0.39 is 0 Å². The fourth-order valence-electron chi connectivity index (χ4n) is 2.64. The molecule has 2 rings (SSSR count). The molecule has 0 aliphatic carbocycles. The molecule has 2 saturated heterocycles. The van der Waals surface area contributed by atoms with Crippen LogP contribution in [-0.4, -0.2) is 41.4 Å². The fourth-order valence-corrected chi connectivity index (χ4v) is 3.27. The third kappa shape index (κ3) is 0.947. The van der Waals surface area contributed by atoms with Crippen molar-refractivity contribution in [1.29, 1.82) is 0 Å². The second-order valence-corrected chi connectivity index (χ2v) is 5.07. The van der Waals surface area contributed by atoms with Gasteiger partial charge in [0.1, 0.15) is 12.3 Å². The van der Waals surface area contributed by atoms with Gasteiger partial charge in [0.05, 0.1) is 0 Å². The summed E-state index contributed by atoms with van der Waals surface area (Å²) in [5.41, 5.74) is 0.258. The zero-order chi connectivity index (χ0) is 8.93. The second kappa shape index (κ2) is 2.59. The van der Waals surface area contributed by atoms with Crippen molar-refractivity contribution in [3.05, 3.63) is 0 Å². The summed E-state index contributed by atoms with van der Waals surface area (Å²) in [5.74, 6) is 0. The highest BCUT2D eigenvalue weighted by Crippen LogP contribution is 2.47. The van der Waals surface area contributed by atoms with Crippen LogP contribution in [0.15, 0.2) is 0 Å². The molecule has 0 aromatic carbocycles. The summed E-state index contributed by atoms with van der Waals surface area (Å²) >= 11 is 0.407. The molecule has 2 bridgehead atoms. The third-order valence-electron chi connectivity index (χ3n) is 3.50. The van der Waals surface area contributed by atoms with E-state index in [-0.39, 0.29) is 5.41 Å². The maximum atomic E-state index is 12.5. The Morgan fingerprint density at radius 2 is 2.00 bits per heavy atom. The fraction of sp³-hybridized carbons (Fsp3) is 1.00. The van der Waals surface area contributed by atoms with E-state index in [0.717, 1.165) is 13.1 Å². The average molecular weight is 190 g/mol. The van der Waals surface area contributed by atoms with E-state index in [4.69, 9.17) is 0 Å². The quantitative estimate of drug-likeness (QED) is 0.579. The van der Waals surface area contributed by atoms with Gasteiger partial charge in [0.2, 0.25) is 0 Å². The molecule has 0 unspecified atom stereocenters. The predicted molar refractivity (Wildman–Crippen MR) is 49.4 cm³/mol. The molecule has 0 N–H and O–H groups in total. The molecular weight excluding hydrogens is 175 g/mol. The van der Waals surface area contributed by atoms with E-state index in [1.807, 2.05) is 4.31 Å². The molecule has 2 aliphatic rings. The molecule has 2 fully saturated rings. The molecule has 2 heterocycles. The average Bonchev–Trinajstić information content (AvgIpc) is 2.37. The van der Waals surface area contributed by atoms with Gasteiger partial charge in [-0.3, -0.25) is 4.90 Å². The minimum Gasteiger partial charge on any atom is -0.300 e. The van der Waals surface area contributed by atoms with E-state index in [1.54, 1.807) is 0 Å². The minimum absolute atomic E-state index is 0.258. The number of likely N-dealkylation sites (tertiary alicyclic amines) is 1. The van der Waals surface area contributed by atoms with Crippen molar-refractivity contribution in [3.8, 4) is 0 Å². The summed E-state index contributed by atoms with van der Waals surface area (Å²) in [6.07, 6.45) is 0. The molecule has 70 valence electrons. The van der Waals surface area contributed by atoms with Crippen LogP contribution in [0.5, 0.6) is 0 Å². The molecule has 2 nitrogen and oxygen atoms in total. The standard InChI is InChI=1S/C8H15FN2S/c1-8(2)6-5-11(12-9)7(8)4-10(6)3/h6-7H,4-5H2,1-3H3/t6-,7-/m0/s1. The summed E-state index contributed by atoms with van der Waals surface area (Å²) in [6, 6.07) is 0.924. The second-order valence-electron chi connectivity index (χ2n) is 4.46. The first-order valence-electron chi connectivity index (χ1n) is 4.33. The van der Waals surface area contributed by atoms with Gasteiger partial charge in [-0.25, -0.2) is 4.31 Å². The smallest absolute Gasteiger partial charge is 0.134 e. The highest BCUT2D eigenvalue weighted by Gasteiger charge is 2.55. The van der Waals surface area contributed by atoms with E-state index in [9.17, 15) is 3.89 Å². The van der Waals surface area contributed by atoms with Crippen LogP contribution in [0.3, 0.4) is 0 Å². The van der Waals surface area contributed by atoms with Crippen LogP contribution in [0.1, 0.15) is 13.8 Å². The number of piperazine rings is 1. The normalized spacial score (nSPS) is 41.0. The molecule has 4 heteroatoms. The van der Waals surface area contributed by atoms with Crippen LogP contribution in [-0.2, 0) is 0 Å². The van der Waals surface area contributed by atoms with Crippen molar-refractivity contribution in [2.24, 2.45) is 5.41 Å². The predicted octanol–water partition coefficient (Wildman–Crippen LogP) is 1.54. The van der Waals surface area contributed by atoms with Gasteiger partial charge in [-0.05, 0) is 12.5 Å². The molecule has 2 aliphatic heterocycles. The first kappa shape index (κ1) is 8.78. The van der Waals surface area contributed by atoms with Crippen LogP contribution < -0.4 is 0 Å². The Labute approximate surface area is 77.5 Å². The van der Waals surface area contributed by atoms with Crippen LogP contribution in [0.25, 0.3) is 0 Å². The maximum Gasteiger partial charge on any atom is 0.134 e. The summed E-state index contributed by atoms with van der Waals surface area (Å²) in [5, 5.41) is 0. The zero-order valence-electron chi connectivity index (χ0n) is 7.75. The maximum absolute atomic E-state index is 12.5. The van der Waals surface area contributed by atoms with Gasteiger partial charge in [-0.1, -0.05) is 13.8 Å². The van der Waals surface area contributed by atoms with Crippen LogP contribution >= 0.6 is 12.3 Å². The van der Waals surface area contributed by atoms with Gasteiger partial charge in [-0.2, -0.15) is 0 Å². The lowest BCUT2D eigenvalue weighted by Crippen LogP contribution is -2.40. The number of rotatable bonds is 1. The molecule has 12 heavy (non-hydrogen) atoms. The van der Waals surface area contributed by atoms with Crippen molar-refractivity contribution < 1.29 is 3.89 Å². The summed E-state index contributed by atoms with van der Waals surface area (Å²) in [4.78, 5) is 2.34. The molecule has 0 aromatic heterocycles. The molecule has 0 aromatic rings. The lowest BCUT2D eigenvalue weighted by Gasteiger charge is -2.27. The lowest BCUT2D eigenvalue weighted by molar-refractivity contribution is 0.216. The van der Waals surface area contributed by atoms with E-state index >= 15 is 0 Å². The molecule has 2 atom stereocenters. The van der Waals surface area contributed by atoms with Crippen molar-refractivity contribution >= 4 is 12.3 Å². The van der Waals surface area contributed by atoms with Crippen LogP contribution in [0.4, 0.5) is 3.89 Å². The lowest BCUT2D eigenvalue weighted by atomic mass is 9.85. The molecule has 0 spiro atoms.